The number of hydrogen-bond acceptors (Lipinski definition) is 4. The minimum atomic E-state index is -0.286. The molecule has 3 N–H and O–H groups in total. The largest absolute Gasteiger partial charge is 0.370 e. The van der Waals surface area contributed by atoms with Crippen molar-refractivity contribution >= 4 is 17.4 Å². The van der Waals surface area contributed by atoms with Crippen LogP contribution >= 0.6 is 0 Å². The number of hydrogen-bond donors (Lipinski definition) is 2. The van der Waals surface area contributed by atoms with Crippen LogP contribution in [0.15, 0.2) is 66.9 Å². The van der Waals surface area contributed by atoms with Crippen molar-refractivity contribution in [1.29, 1.82) is 0 Å². The highest BCUT2D eigenvalue weighted by atomic mass is 16.1. The molecule has 120 valence electrons. The van der Waals surface area contributed by atoms with Gasteiger partial charge in [-0.05, 0) is 30.2 Å². The summed E-state index contributed by atoms with van der Waals surface area (Å²) in [5.41, 5.74) is 8.15. The summed E-state index contributed by atoms with van der Waals surface area (Å²) in [6.07, 6.45) is 2.75. The molecule has 3 aromatic rings. The summed E-state index contributed by atoms with van der Waals surface area (Å²) in [5, 5.41) is 3.26. The molecule has 0 fully saturated rings. The van der Waals surface area contributed by atoms with Crippen LogP contribution in [0, 0.1) is 0 Å². The fourth-order valence-electron chi connectivity index (χ4n) is 2.32. The van der Waals surface area contributed by atoms with Gasteiger partial charge < -0.3 is 11.1 Å². The van der Waals surface area contributed by atoms with E-state index in [1.54, 1.807) is 6.20 Å². The first kappa shape index (κ1) is 15.7. The highest BCUT2D eigenvalue weighted by Gasteiger charge is 2.03. The van der Waals surface area contributed by atoms with Gasteiger partial charge in [-0.1, -0.05) is 42.5 Å². The molecule has 1 aromatic heterocycles. The van der Waals surface area contributed by atoms with E-state index < -0.39 is 0 Å². The predicted octanol–water partition coefficient (Wildman–Crippen LogP) is 3.31. The summed E-state index contributed by atoms with van der Waals surface area (Å²) in [4.78, 5) is 19.7. The number of rotatable bonds is 6. The van der Waals surface area contributed by atoms with Gasteiger partial charge in [-0.25, -0.2) is 9.97 Å². The van der Waals surface area contributed by atoms with E-state index in [0.29, 0.717) is 18.7 Å². The third-order valence-corrected chi connectivity index (χ3v) is 3.57. The average molecular weight is 318 g/mol. The zero-order valence-electron chi connectivity index (χ0n) is 13.1. The van der Waals surface area contributed by atoms with E-state index in [9.17, 15) is 4.79 Å². The smallest absolute Gasteiger partial charge is 0.217 e. The molecule has 3 rings (SSSR count). The fraction of sp³-hybridized carbons (Fsp3) is 0.105. The van der Waals surface area contributed by atoms with Crippen molar-refractivity contribution in [3.63, 3.8) is 0 Å². The lowest BCUT2D eigenvalue weighted by atomic mass is 10.1. The maximum Gasteiger partial charge on any atom is 0.217 e. The van der Waals surface area contributed by atoms with E-state index in [-0.39, 0.29) is 5.91 Å². The number of carbonyl (C=O) groups excluding carboxylic acids is 1. The number of aromatic nitrogens is 2. The summed E-state index contributed by atoms with van der Waals surface area (Å²) >= 11 is 0. The molecule has 0 radical (unpaired) electrons. The highest BCUT2D eigenvalue weighted by molar-refractivity contribution is 5.74. The molecule has 0 aliphatic carbocycles. The highest BCUT2D eigenvalue weighted by Crippen LogP contribution is 2.19. The summed E-state index contributed by atoms with van der Waals surface area (Å²) in [6, 6.07) is 19.5. The molecule has 0 saturated heterocycles. The van der Waals surface area contributed by atoms with E-state index in [2.05, 4.69) is 15.3 Å². The number of nitrogens with one attached hydrogen (secondary N) is 1. The van der Waals surface area contributed by atoms with Crippen LogP contribution in [0.2, 0.25) is 0 Å². The van der Waals surface area contributed by atoms with Gasteiger partial charge in [0, 0.05) is 23.9 Å². The lowest BCUT2D eigenvalue weighted by Crippen LogP contribution is -2.11. The Morgan fingerprint density at radius 1 is 1.00 bits per heavy atom. The van der Waals surface area contributed by atoms with Crippen molar-refractivity contribution in [2.75, 3.05) is 5.32 Å². The first-order chi connectivity index (χ1) is 11.7. The Labute approximate surface area is 140 Å². The Bertz CT molecular complexity index is 816. The molecule has 1 amide bonds. The molecular weight excluding hydrogens is 300 g/mol. The van der Waals surface area contributed by atoms with Gasteiger partial charge in [0.2, 0.25) is 5.91 Å². The number of aryl methyl sites for hydroxylation is 1. The SMILES string of the molecule is NC(=O)CCc1ccc(Nc2ccnc(-c3ccccc3)n2)cc1. The minimum absolute atomic E-state index is 0.286. The molecule has 1 heterocycles. The molecule has 0 aliphatic heterocycles. The van der Waals surface area contributed by atoms with Crippen molar-refractivity contribution in [2.45, 2.75) is 12.8 Å². The van der Waals surface area contributed by atoms with Crippen molar-refractivity contribution < 1.29 is 4.79 Å². The Morgan fingerprint density at radius 2 is 1.75 bits per heavy atom. The maximum absolute atomic E-state index is 10.8. The van der Waals surface area contributed by atoms with Crippen molar-refractivity contribution in [1.82, 2.24) is 9.97 Å². The van der Waals surface area contributed by atoms with Gasteiger partial charge in [-0.3, -0.25) is 4.79 Å². The van der Waals surface area contributed by atoms with Crippen molar-refractivity contribution in [2.24, 2.45) is 5.73 Å². The van der Waals surface area contributed by atoms with Gasteiger partial charge in [-0.2, -0.15) is 0 Å². The fourth-order valence-corrected chi connectivity index (χ4v) is 2.32. The summed E-state index contributed by atoms with van der Waals surface area (Å²) in [5.74, 6) is 1.12. The first-order valence-corrected chi connectivity index (χ1v) is 7.73. The van der Waals surface area contributed by atoms with E-state index in [1.807, 2.05) is 60.7 Å². The third-order valence-electron chi connectivity index (χ3n) is 3.57. The monoisotopic (exact) mass is 318 g/mol. The van der Waals surface area contributed by atoms with Crippen LogP contribution in [0.5, 0.6) is 0 Å². The van der Waals surface area contributed by atoms with Gasteiger partial charge in [-0.15, -0.1) is 0 Å². The number of anilines is 2. The van der Waals surface area contributed by atoms with Gasteiger partial charge in [0.1, 0.15) is 5.82 Å². The maximum atomic E-state index is 10.8. The van der Waals surface area contributed by atoms with E-state index in [4.69, 9.17) is 5.73 Å². The lowest BCUT2D eigenvalue weighted by molar-refractivity contribution is -0.117. The summed E-state index contributed by atoms with van der Waals surface area (Å²) in [6.45, 7) is 0. The van der Waals surface area contributed by atoms with Crippen LogP contribution < -0.4 is 11.1 Å². The molecule has 0 aliphatic rings. The normalized spacial score (nSPS) is 10.3. The zero-order chi connectivity index (χ0) is 16.8. The van der Waals surface area contributed by atoms with E-state index in [1.165, 1.54) is 0 Å². The Hall–Kier alpha value is -3.21. The number of primary amides is 1. The predicted molar refractivity (Wildman–Crippen MR) is 94.7 cm³/mol. The molecule has 0 bridgehead atoms. The van der Waals surface area contributed by atoms with E-state index in [0.717, 1.165) is 22.6 Å². The quantitative estimate of drug-likeness (QED) is 0.730. The second-order valence-electron chi connectivity index (χ2n) is 5.42. The second kappa shape index (κ2) is 7.37. The second-order valence-corrected chi connectivity index (χ2v) is 5.42. The van der Waals surface area contributed by atoms with Crippen molar-refractivity contribution in [3.05, 3.63) is 72.4 Å². The molecule has 0 atom stereocenters. The van der Waals surface area contributed by atoms with Crippen molar-refractivity contribution in [3.8, 4) is 11.4 Å². The Balaban J connectivity index is 1.71. The number of nitrogens with zero attached hydrogens (tertiary/aromatic N) is 2. The summed E-state index contributed by atoms with van der Waals surface area (Å²) < 4.78 is 0. The van der Waals surface area contributed by atoms with Crippen LogP contribution in [0.1, 0.15) is 12.0 Å². The van der Waals surface area contributed by atoms with Crippen LogP contribution in [0.25, 0.3) is 11.4 Å². The van der Waals surface area contributed by atoms with Crippen LogP contribution in [-0.2, 0) is 11.2 Å². The topological polar surface area (TPSA) is 80.9 Å². The van der Waals surface area contributed by atoms with Crippen LogP contribution in [0.3, 0.4) is 0 Å². The van der Waals surface area contributed by atoms with Gasteiger partial charge in [0.15, 0.2) is 5.82 Å². The molecule has 5 heteroatoms. The average Bonchev–Trinajstić information content (AvgIpc) is 2.62. The molecule has 0 spiro atoms. The zero-order valence-corrected chi connectivity index (χ0v) is 13.1. The first-order valence-electron chi connectivity index (χ1n) is 7.73. The summed E-state index contributed by atoms with van der Waals surface area (Å²) in [7, 11) is 0. The van der Waals surface area contributed by atoms with Gasteiger partial charge in [0.25, 0.3) is 0 Å². The number of benzene rings is 2. The molecule has 24 heavy (non-hydrogen) atoms. The lowest BCUT2D eigenvalue weighted by Gasteiger charge is -2.08. The number of amides is 1. The molecule has 0 unspecified atom stereocenters. The molecule has 5 nitrogen and oxygen atoms in total. The van der Waals surface area contributed by atoms with Gasteiger partial charge in [0.05, 0.1) is 0 Å². The number of nitrogens with two attached hydrogens (primary N) is 1. The molecular formula is C19H18N4O. The number of carbonyl (C=O) groups is 1. The van der Waals surface area contributed by atoms with E-state index >= 15 is 0 Å². The standard InChI is InChI=1S/C19H18N4O/c20-17(24)11-8-14-6-9-16(10-7-14)22-18-12-13-21-19(23-18)15-4-2-1-3-5-15/h1-7,9-10,12-13H,8,11H2,(H2,20,24)(H,21,22,23). The minimum Gasteiger partial charge on any atom is -0.370 e. The third kappa shape index (κ3) is 4.16. The van der Waals surface area contributed by atoms with Crippen LogP contribution in [-0.4, -0.2) is 15.9 Å². The Morgan fingerprint density at radius 3 is 2.46 bits per heavy atom. The molecule has 2 aromatic carbocycles. The molecule has 0 saturated carbocycles. The van der Waals surface area contributed by atoms with Gasteiger partial charge >= 0.3 is 0 Å². The Kier molecular flexibility index (Phi) is 4.81. The van der Waals surface area contributed by atoms with Crippen LogP contribution in [0.4, 0.5) is 11.5 Å².